The van der Waals surface area contributed by atoms with E-state index in [-0.39, 0.29) is 11.8 Å². The summed E-state index contributed by atoms with van der Waals surface area (Å²) in [4.78, 5) is 5.02. The van der Waals surface area contributed by atoms with Crippen LogP contribution in [0.2, 0.25) is 0 Å². The van der Waals surface area contributed by atoms with Gasteiger partial charge in [0.05, 0.1) is 17.7 Å². The Morgan fingerprint density at radius 1 is 0.935 bits per heavy atom. The van der Waals surface area contributed by atoms with Gasteiger partial charge in [0.15, 0.2) is 0 Å². The second kappa shape index (κ2) is 9.34. The number of nitriles is 1. The summed E-state index contributed by atoms with van der Waals surface area (Å²) >= 11 is 0. The van der Waals surface area contributed by atoms with E-state index >= 15 is 0 Å². The second-order valence-corrected chi connectivity index (χ2v) is 8.51. The minimum atomic E-state index is -0.0840. The molecule has 3 atom stereocenters. The van der Waals surface area contributed by atoms with Crippen molar-refractivity contribution in [3.05, 3.63) is 101 Å². The molecule has 4 nitrogen and oxygen atoms in total. The molecule has 0 aliphatic carbocycles. The van der Waals surface area contributed by atoms with Crippen LogP contribution in [0.3, 0.4) is 0 Å². The van der Waals surface area contributed by atoms with E-state index in [2.05, 4.69) is 60.0 Å². The first-order valence-corrected chi connectivity index (χ1v) is 10.9. The van der Waals surface area contributed by atoms with Gasteiger partial charge in [-0.1, -0.05) is 60.7 Å². The highest BCUT2D eigenvalue weighted by molar-refractivity contribution is 5.45. The van der Waals surface area contributed by atoms with E-state index in [9.17, 15) is 10.4 Å². The van der Waals surface area contributed by atoms with Gasteiger partial charge >= 0.3 is 0 Å². The summed E-state index contributed by atoms with van der Waals surface area (Å²) in [7, 11) is 0. The largest absolute Gasteiger partial charge is 0.508 e. The molecule has 1 saturated heterocycles. The highest BCUT2D eigenvalue weighted by Gasteiger charge is 2.35. The van der Waals surface area contributed by atoms with Gasteiger partial charge in [-0.2, -0.15) is 5.26 Å². The molecule has 1 aliphatic heterocycles. The molecule has 3 aromatic carbocycles. The monoisotopic (exact) mass is 411 g/mol. The number of nitrogens with zero attached hydrogens (tertiary/aromatic N) is 3. The maximum absolute atomic E-state index is 10.2. The van der Waals surface area contributed by atoms with E-state index in [1.807, 2.05) is 42.5 Å². The Balaban J connectivity index is 1.67. The van der Waals surface area contributed by atoms with Gasteiger partial charge in [0.2, 0.25) is 0 Å². The Morgan fingerprint density at radius 2 is 1.68 bits per heavy atom. The molecule has 3 aromatic rings. The number of benzene rings is 3. The number of hydrogen-bond donors (Lipinski definition) is 1. The molecule has 1 heterocycles. The van der Waals surface area contributed by atoms with Gasteiger partial charge in [-0.25, -0.2) is 0 Å². The molecule has 4 rings (SSSR count). The van der Waals surface area contributed by atoms with Gasteiger partial charge in [-0.15, -0.1) is 0 Å². The Morgan fingerprint density at radius 3 is 2.42 bits per heavy atom. The molecule has 1 fully saturated rings. The smallest absolute Gasteiger partial charge is 0.115 e. The van der Waals surface area contributed by atoms with Crippen LogP contribution in [0.25, 0.3) is 0 Å². The quantitative estimate of drug-likeness (QED) is 0.646. The molecule has 0 radical (unpaired) electrons. The average Bonchev–Trinajstić information content (AvgIpc) is 2.78. The first-order chi connectivity index (χ1) is 15.1. The van der Waals surface area contributed by atoms with Crippen LogP contribution in [-0.4, -0.2) is 40.1 Å². The van der Waals surface area contributed by atoms with E-state index in [1.165, 1.54) is 5.56 Å². The lowest BCUT2D eigenvalue weighted by Crippen LogP contribution is -2.56. The van der Waals surface area contributed by atoms with Gasteiger partial charge < -0.3 is 5.11 Å². The summed E-state index contributed by atoms with van der Waals surface area (Å²) in [5, 5.41) is 19.9. The fourth-order valence-electron chi connectivity index (χ4n) is 4.70. The van der Waals surface area contributed by atoms with Gasteiger partial charge in [-0.05, 0) is 48.7 Å². The Kier molecular flexibility index (Phi) is 6.36. The third-order valence-electron chi connectivity index (χ3n) is 6.29. The average molecular weight is 412 g/mol. The summed E-state index contributed by atoms with van der Waals surface area (Å²) in [5.41, 5.74) is 4.01. The zero-order valence-electron chi connectivity index (χ0n) is 18.1. The molecule has 0 saturated carbocycles. The first-order valence-electron chi connectivity index (χ1n) is 10.9. The molecule has 0 unspecified atom stereocenters. The van der Waals surface area contributed by atoms with Gasteiger partial charge in [0.25, 0.3) is 0 Å². The molecular formula is C27H29N3O. The van der Waals surface area contributed by atoms with Crippen molar-refractivity contribution in [2.45, 2.75) is 38.5 Å². The highest BCUT2D eigenvalue weighted by Crippen LogP contribution is 2.36. The fourth-order valence-corrected chi connectivity index (χ4v) is 4.70. The lowest BCUT2D eigenvalue weighted by molar-refractivity contribution is 0.0194. The molecule has 0 amide bonds. The number of rotatable bonds is 5. The summed E-state index contributed by atoms with van der Waals surface area (Å²) in [6.45, 7) is 7.30. The minimum Gasteiger partial charge on any atom is -0.508 e. The molecule has 1 aliphatic rings. The Labute approximate surface area is 185 Å². The van der Waals surface area contributed by atoms with Crippen molar-refractivity contribution in [1.82, 2.24) is 9.80 Å². The first kappa shape index (κ1) is 21.1. The van der Waals surface area contributed by atoms with Crippen LogP contribution in [0.5, 0.6) is 5.75 Å². The van der Waals surface area contributed by atoms with Crippen LogP contribution in [0.15, 0.2) is 78.9 Å². The topological polar surface area (TPSA) is 50.5 Å². The van der Waals surface area contributed by atoms with Crippen LogP contribution in [-0.2, 0) is 6.54 Å². The van der Waals surface area contributed by atoms with Crippen molar-refractivity contribution in [3.63, 3.8) is 0 Å². The molecule has 31 heavy (non-hydrogen) atoms. The lowest BCUT2D eigenvalue weighted by atomic mass is 9.90. The number of piperazine rings is 1. The zero-order valence-corrected chi connectivity index (χ0v) is 18.1. The number of phenols is 1. The number of aromatic hydroxyl groups is 1. The maximum Gasteiger partial charge on any atom is 0.115 e. The van der Waals surface area contributed by atoms with Crippen molar-refractivity contribution >= 4 is 0 Å². The summed E-state index contributed by atoms with van der Waals surface area (Å²) in [6.07, 6.45) is 0. The lowest BCUT2D eigenvalue weighted by Gasteiger charge is -2.48. The van der Waals surface area contributed by atoms with E-state index in [4.69, 9.17) is 0 Å². The Hall–Kier alpha value is -3.13. The zero-order chi connectivity index (χ0) is 21.8. The molecule has 0 bridgehead atoms. The SMILES string of the molecule is C[C@@H]1CN([C@H](c2cccc(O)c2)c2ccccc2C#N)[C@@H](C)CN1Cc1ccccc1. The normalized spacial score (nSPS) is 20.8. The van der Waals surface area contributed by atoms with Crippen LogP contribution >= 0.6 is 0 Å². The van der Waals surface area contributed by atoms with Crippen LogP contribution in [0.4, 0.5) is 0 Å². The van der Waals surface area contributed by atoms with Crippen LogP contribution in [0.1, 0.15) is 42.1 Å². The fraction of sp³-hybridized carbons (Fsp3) is 0.296. The van der Waals surface area contributed by atoms with Crippen LogP contribution in [0, 0.1) is 11.3 Å². The Bertz CT molecular complexity index is 1060. The molecule has 4 heteroatoms. The summed E-state index contributed by atoms with van der Waals surface area (Å²) in [6, 6.07) is 28.8. The molecule has 158 valence electrons. The molecule has 0 aromatic heterocycles. The predicted octanol–water partition coefficient (Wildman–Crippen LogP) is 4.95. The van der Waals surface area contributed by atoms with E-state index in [1.54, 1.807) is 6.07 Å². The van der Waals surface area contributed by atoms with Gasteiger partial charge in [-0.3, -0.25) is 9.80 Å². The highest BCUT2D eigenvalue weighted by atomic mass is 16.3. The summed E-state index contributed by atoms with van der Waals surface area (Å²) in [5.74, 6) is 0.250. The van der Waals surface area contributed by atoms with Crippen molar-refractivity contribution in [2.75, 3.05) is 13.1 Å². The van der Waals surface area contributed by atoms with Crippen molar-refractivity contribution in [2.24, 2.45) is 0 Å². The summed E-state index contributed by atoms with van der Waals surface area (Å²) < 4.78 is 0. The minimum absolute atomic E-state index is 0.0840. The van der Waals surface area contributed by atoms with E-state index in [0.29, 0.717) is 17.6 Å². The molecular weight excluding hydrogens is 382 g/mol. The van der Waals surface area contributed by atoms with E-state index in [0.717, 1.165) is 30.8 Å². The molecule has 0 spiro atoms. The standard InChI is InChI=1S/C27H29N3O/c1-20-18-30(21(2)17-29(20)19-22-9-4-3-5-10-22)27(23-12-8-13-25(31)15-23)26-14-7-6-11-24(26)16-28/h3-15,20-21,27,31H,17-19H2,1-2H3/t20-,21+,27-/m1/s1. The second-order valence-electron chi connectivity index (χ2n) is 8.51. The third kappa shape index (κ3) is 4.64. The van der Waals surface area contributed by atoms with Crippen molar-refractivity contribution in [3.8, 4) is 11.8 Å². The van der Waals surface area contributed by atoms with Gasteiger partial charge in [0.1, 0.15) is 5.75 Å². The number of phenolic OH excluding ortho intramolecular Hbond substituents is 1. The van der Waals surface area contributed by atoms with Crippen LogP contribution < -0.4 is 0 Å². The van der Waals surface area contributed by atoms with E-state index < -0.39 is 0 Å². The van der Waals surface area contributed by atoms with Gasteiger partial charge in [0, 0.05) is 31.7 Å². The third-order valence-corrected chi connectivity index (χ3v) is 6.29. The van der Waals surface area contributed by atoms with Crippen molar-refractivity contribution in [1.29, 1.82) is 5.26 Å². The molecule has 1 N–H and O–H groups in total. The predicted molar refractivity (Wildman–Crippen MR) is 124 cm³/mol. The number of hydrogen-bond acceptors (Lipinski definition) is 4. The maximum atomic E-state index is 10.2. The van der Waals surface area contributed by atoms with Crippen molar-refractivity contribution < 1.29 is 5.11 Å².